The summed E-state index contributed by atoms with van der Waals surface area (Å²) in [5.74, 6) is 0.710. The van der Waals surface area contributed by atoms with Crippen LogP contribution in [0.4, 0.5) is 0 Å². The molecular formula is C15H25NO4. The number of rotatable bonds is 9. The summed E-state index contributed by atoms with van der Waals surface area (Å²) in [6, 6.07) is 5.73. The van der Waals surface area contributed by atoms with Crippen molar-refractivity contribution in [2.75, 3.05) is 33.5 Å². The third kappa shape index (κ3) is 5.88. The van der Waals surface area contributed by atoms with Crippen molar-refractivity contribution in [3.05, 3.63) is 29.3 Å². The van der Waals surface area contributed by atoms with Crippen molar-refractivity contribution in [2.45, 2.75) is 26.0 Å². The molecule has 5 nitrogen and oxygen atoms in total. The molecular weight excluding hydrogens is 258 g/mol. The molecule has 0 saturated carbocycles. The van der Waals surface area contributed by atoms with Gasteiger partial charge in [0.2, 0.25) is 0 Å². The average Bonchev–Trinajstić information content (AvgIpc) is 2.42. The van der Waals surface area contributed by atoms with E-state index in [0.717, 1.165) is 11.1 Å². The molecule has 0 fully saturated rings. The fourth-order valence-corrected chi connectivity index (χ4v) is 1.75. The Morgan fingerprint density at radius 2 is 2.00 bits per heavy atom. The molecule has 0 aliphatic carbocycles. The van der Waals surface area contributed by atoms with Gasteiger partial charge in [0.1, 0.15) is 18.5 Å². The van der Waals surface area contributed by atoms with E-state index in [4.69, 9.17) is 19.9 Å². The first-order chi connectivity index (χ1) is 9.54. The first-order valence-electron chi connectivity index (χ1n) is 6.78. The molecule has 0 aromatic heterocycles. The van der Waals surface area contributed by atoms with Gasteiger partial charge in [0.15, 0.2) is 0 Å². The average molecular weight is 283 g/mol. The highest BCUT2D eigenvalue weighted by Crippen LogP contribution is 2.25. The van der Waals surface area contributed by atoms with Gasteiger partial charge in [-0.15, -0.1) is 0 Å². The summed E-state index contributed by atoms with van der Waals surface area (Å²) in [4.78, 5) is 0. The fourth-order valence-electron chi connectivity index (χ4n) is 1.75. The molecule has 5 heteroatoms. The van der Waals surface area contributed by atoms with Crippen molar-refractivity contribution in [3.8, 4) is 5.75 Å². The molecule has 0 radical (unpaired) electrons. The number of aryl methyl sites for hydroxylation is 1. The van der Waals surface area contributed by atoms with E-state index in [9.17, 15) is 5.11 Å². The molecule has 1 aromatic rings. The van der Waals surface area contributed by atoms with Crippen LogP contribution in [0.1, 0.15) is 24.1 Å². The highest BCUT2D eigenvalue weighted by molar-refractivity contribution is 5.38. The van der Waals surface area contributed by atoms with Gasteiger partial charge < -0.3 is 25.1 Å². The van der Waals surface area contributed by atoms with E-state index < -0.39 is 6.10 Å². The van der Waals surface area contributed by atoms with Crippen LogP contribution >= 0.6 is 0 Å². The molecule has 0 heterocycles. The zero-order valence-corrected chi connectivity index (χ0v) is 12.5. The first-order valence-corrected chi connectivity index (χ1v) is 6.78. The van der Waals surface area contributed by atoms with Crippen LogP contribution in [-0.4, -0.2) is 44.7 Å². The highest BCUT2D eigenvalue weighted by Gasteiger charge is 2.11. The minimum absolute atomic E-state index is 0.111. The third-order valence-electron chi connectivity index (χ3n) is 2.83. The predicted octanol–water partition coefficient (Wildman–Crippen LogP) is 1.42. The van der Waals surface area contributed by atoms with E-state index in [1.54, 1.807) is 7.11 Å². The van der Waals surface area contributed by atoms with Gasteiger partial charge in [0.25, 0.3) is 0 Å². The largest absolute Gasteiger partial charge is 0.490 e. The normalized spacial score (nSPS) is 14.1. The van der Waals surface area contributed by atoms with Crippen LogP contribution in [0.15, 0.2) is 18.2 Å². The highest BCUT2D eigenvalue weighted by atomic mass is 16.5. The lowest BCUT2D eigenvalue weighted by molar-refractivity contribution is -0.00435. The molecule has 1 rings (SSSR count). The summed E-state index contributed by atoms with van der Waals surface area (Å²) in [6.45, 7) is 5.29. The molecule has 0 bridgehead atoms. The SMILES string of the molecule is COCCOCC(O)COc1ccc(C)cc1[C@H](C)N. The van der Waals surface area contributed by atoms with Crippen LogP contribution in [0.5, 0.6) is 5.75 Å². The Balaban J connectivity index is 2.44. The monoisotopic (exact) mass is 283 g/mol. The van der Waals surface area contributed by atoms with E-state index in [-0.39, 0.29) is 19.3 Å². The van der Waals surface area contributed by atoms with Crippen molar-refractivity contribution in [1.29, 1.82) is 0 Å². The van der Waals surface area contributed by atoms with E-state index in [0.29, 0.717) is 19.0 Å². The maximum atomic E-state index is 9.77. The molecule has 0 amide bonds. The lowest BCUT2D eigenvalue weighted by Crippen LogP contribution is -2.25. The van der Waals surface area contributed by atoms with Gasteiger partial charge in [-0.05, 0) is 19.9 Å². The van der Waals surface area contributed by atoms with Crippen LogP contribution in [0.3, 0.4) is 0 Å². The summed E-state index contributed by atoms with van der Waals surface area (Å²) in [6.07, 6.45) is -0.672. The topological polar surface area (TPSA) is 73.9 Å². The van der Waals surface area contributed by atoms with Gasteiger partial charge in [-0.3, -0.25) is 0 Å². The van der Waals surface area contributed by atoms with Crippen molar-refractivity contribution >= 4 is 0 Å². The Labute approximate surface area is 120 Å². The smallest absolute Gasteiger partial charge is 0.124 e. The summed E-state index contributed by atoms with van der Waals surface area (Å²) in [5, 5.41) is 9.77. The van der Waals surface area contributed by atoms with E-state index >= 15 is 0 Å². The summed E-state index contributed by atoms with van der Waals surface area (Å²) in [5.41, 5.74) is 8.00. The lowest BCUT2D eigenvalue weighted by atomic mass is 10.1. The zero-order valence-electron chi connectivity index (χ0n) is 12.5. The molecule has 0 aliphatic rings. The molecule has 3 N–H and O–H groups in total. The number of aliphatic hydroxyl groups excluding tert-OH is 1. The second kappa shape index (κ2) is 8.92. The lowest BCUT2D eigenvalue weighted by Gasteiger charge is -2.17. The standard InChI is InChI=1S/C15H25NO4/c1-11-4-5-15(14(8-11)12(2)16)20-10-13(17)9-19-7-6-18-3/h4-5,8,12-13,17H,6-7,9-10,16H2,1-3H3/t12-,13?/m0/s1. The zero-order chi connectivity index (χ0) is 15.0. The number of aliphatic hydroxyl groups is 1. The van der Waals surface area contributed by atoms with Crippen LogP contribution < -0.4 is 10.5 Å². The quantitative estimate of drug-likeness (QED) is 0.670. The Morgan fingerprint density at radius 3 is 2.65 bits per heavy atom. The van der Waals surface area contributed by atoms with Crippen molar-refractivity contribution < 1.29 is 19.3 Å². The van der Waals surface area contributed by atoms with Gasteiger partial charge in [0.05, 0.1) is 19.8 Å². The van der Waals surface area contributed by atoms with Gasteiger partial charge in [0, 0.05) is 18.7 Å². The van der Waals surface area contributed by atoms with Crippen LogP contribution in [0.25, 0.3) is 0 Å². The van der Waals surface area contributed by atoms with Gasteiger partial charge >= 0.3 is 0 Å². The number of methoxy groups -OCH3 is 1. The fraction of sp³-hybridized carbons (Fsp3) is 0.600. The molecule has 2 atom stereocenters. The molecule has 114 valence electrons. The van der Waals surface area contributed by atoms with Crippen LogP contribution in [-0.2, 0) is 9.47 Å². The van der Waals surface area contributed by atoms with Crippen molar-refractivity contribution in [3.63, 3.8) is 0 Å². The molecule has 1 aromatic carbocycles. The third-order valence-corrected chi connectivity index (χ3v) is 2.83. The van der Waals surface area contributed by atoms with Crippen LogP contribution in [0.2, 0.25) is 0 Å². The minimum Gasteiger partial charge on any atom is -0.490 e. The number of hydrogen-bond donors (Lipinski definition) is 2. The Hall–Kier alpha value is -1.14. The van der Waals surface area contributed by atoms with Crippen LogP contribution in [0, 0.1) is 6.92 Å². The second-order valence-electron chi connectivity index (χ2n) is 4.86. The summed E-state index contributed by atoms with van der Waals surface area (Å²) >= 11 is 0. The van der Waals surface area contributed by atoms with E-state index in [2.05, 4.69) is 0 Å². The number of hydrogen-bond acceptors (Lipinski definition) is 5. The molecule has 20 heavy (non-hydrogen) atoms. The van der Waals surface area contributed by atoms with Gasteiger partial charge in [-0.1, -0.05) is 17.7 Å². The number of benzene rings is 1. The number of ether oxygens (including phenoxy) is 3. The maximum Gasteiger partial charge on any atom is 0.124 e. The predicted molar refractivity (Wildman–Crippen MR) is 78.0 cm³/mol. The molecule has 1 unspecified atom stereocenters. The summed E-state index contributed by atoms with van der Waals surface area (Å²) in [7, 11) is 1.61. The Morgan fingerprint density at radius 1 is 1.25 bits per heavy atom. The Kier molecular flexibility index (Phi) is 7.54. The summed E-state index contributed by atoms with van der Waals surface area (Å²) < 4.78 is 15.7. The molecule has 0 aliphatic heterocycles. The Bertz CT molecular complexity index is 395. The molecule has 0 spiro atoms. The van der Waals surface area contributed by atoms with Gasteiger partial charge in [-0.25, -0.2) is 0 Å². The van der Waals surface area contributed by atoms with Crippen molar-refractivity contribution in [1.82, 2.24) is 0 Å². The molecule has 0 saturated heterocycles. The van der Waals surface area contributed by atoms with Crippen molar-refractivity contribution in [2.24, 2.45) is 5.73 Å². The number of nitrogens with two attached hydrogens (primary N) is 1. The maximum absolute atomic E-state index is 9.77. The first kappa shape index (κ1) is 16.9. The van der Waals surface area contributed by atoms with E-state index in [1.807, 2.05) is 32.0 Å². The van der Waals surface area contributed by atoms with E-state index in [1.165, 1.54) is 0 Å². The van der Waals surface area contributed by atoms with Gasteiger partial charge in [-0.2, -0.15) is 0 Å². The second-order valence-corrected chi connectivity index (χ2v) is 4.86. The minimum atomic E-state index is -0.672.